The van der Waals surface area contributed by atoms with E-state index in [9.17, 15) is 4.79 Å². The number of nitrogen functional groups attached to an aromatic ring is 1. The Morgan fingerprint density at radius 1 is 1.56 bits per heavy atom. The molecule has 1 aromatic carbocycles. The molecule has 1 fully saturated rings. The van der Waals surface area contributed by atoms with Crippen molar-refractivity contribution < 1.29 is 9.53 Å². The molecule has 1 amide bonds. The summed E-state index contributed by atoms with van der Waals surface area (Å²) in [6, 6.07) is 7.51. The van der Waals surface area contributed by atoms with E-state index in [4.69, 9.17) is 10.5 Å². The third-order valence-corrected chi connectivity index (χ3v) is 4.15. The largest absolute Gasteiger partial charge is 0.482 e. The smallest absolute Gasteiger partial charge is 0.260 e. The maximum atomic E-state index is 12.0. The molecule has 0 aromatic heterocycles. The first-order valence-electron chi connectivity index (χ1n) is 6.03. The second-order valence-corrected chi connectivity index (χ2v) is 5.49. The molecular weight excluding hydrogens is 248 g/mol. The number of carbonyl (C=O) groups is 1. The highest BCUT2D eigenvalue weighted by Crippen LogP contribution is 2.20. The topological polar surface area (TPSA) is 55.6 Å². The van der Waals surface area contributed by atoms with Crippen LogP contribution in [0.15, 0.2) is 24.3 Å². The van der Waals surface area contributed by atoms with Gasteiger partial charge in [-0.25, -0.2) is 0 Å². The Morgan fingerprint density at radius 3 is 3.06 bits per heavy atom. The number of rotatable bonds is 3. The van der Waals surface area contributed by atoms with E-state index in [1.807, 2.05) is 28.8 Å². The third-order valence-electron chi connectivity index (χ3n) is 2.96. The van der Waals surface area contributed by atoms with E-state index in [0.717, 1.165) is 18.1 Å². The number of ether oxygens (including phenoxy) is 1. The van der Waals surface area contributed by atoms with Crippen LogP contribution in [0.3, 0.4) is 0 Å². The van der Waals surface area contributed by atoms with Crippen molar-refractivity contribution in [1.29, 1.82) is 0 Å². The van der Waals surface area contributed by atoms with Gasteiger partial charge in [-0.15, -0.1) is 0 Å². The first-order chi connectivity index (χ1) is 8.68. The molecule has 1 heterocycles. The number of carbonyl (C=O) groups excluding carboxylic acids is 1. The lowest BCUT2D eigenvalue weighted by Gasteiger charge is -2.33. The fourth-order valence-electron chi connectivity index (χ4n) is 1.93. The van der Waals surface area contributed by atoms with Crippen molar-refractivity contribution in [2.45, 2.75) is 13.0 Å². The van der Waals surface area contributed by atoms with Gasteiger partial charge in [0.05, 0.1) is 5.69 Å². The van der Waals surface area contributed by atoms with Crippen molar-refractivity contribution in [2.24, 2.45) is 0 Å². The zero-order valence-electron chi connectivity index (χ0n) is 10.5. The second-order valence-electron chi connectivity index (χ2n) is 4.34. The summed E-state index contributed by atoms with van der Waals surface area (Å²) in [6.07, 6.45) is 0. The lowest BCUT2D eigenvalue weighted by Crippen LogP contribution is -2.46. The fraction of sp³-hybridized carbons (Fsp3) is 0.462. The Hall–Kier alpha value is -1.36. The maximum absolute atomic E-state index is 12.0. The lowest BCUT2D eigenvalue weighted by atomic mass is 10.3. The number of hydrogen-bond acceptors (Lipinski definition) is 4. The highest BCUT2D eigenvalue weighted by molar-refractivity contribution is 7.99. The van der Waals surface area contributed by atoms with Gasteiger partial charge in [0.1, 0.15) is 5.75 Å². The van der Waals surface area contributed by atoms with Crippen LogP contribution in [0.5, 0.6) is 5.75 Å². The number of benzene rings is 1. The molecule has 98 valence electrons. The third kappa shape index (κ3) is 3.10. The van der Waals surface area contributed by atoms with Crippen LogP contribution >= 0.6 is 11.8 Å². The molecule has 2 N–H and O–H groups in total. The predicted octanol–water partition coefficient (Wildman–Crippen LogP) is 1.61. The predicted molar refractivity (Wildman–Crippen MR) is 74.8 cm³/mol. The molecule has 0 saturated carbocycles. The van der Waals surface area contributed by atoms with Crippen molar-refractivity contribution in [3.8, 4) is 5.75 Å². The highest BCUT2D eigenvalue weighted by atomic mass is 32.2. The molecular formula is C13H18N2O2S. The summed E-state index contributed by atoms with van der Waals surface area (Å²) in [5, 5.41) is 0. The molecule has 4 nitrogen and oxygen atoms in total. The Labute approximate surface area is 111 Å². The Kier molecular flexibility index (Phi) is 4.36. The van der Waals surface area contributed by atoms with Gasteiger partial charge in [-0.2, -0.15) is 11.8 Å². The van der Waals surface area contributed by atoms with E-state index in [2.05, 4.69) is 6.92 Å². The van der Waals surface area contributed by atoms with Crippen LogP contribution in [-0.2, 0) is 4.79 Å². The molecule has 1 unspecified atom stereocenters. The summed E-state index contributed by atoms with van der Waals surface area (Å²) in [5.41, 5.74) is 6.32. The average molecular weight is 266 g/mol. The van der Waals surface area contributed by atoms with Crippen LogP contribution in [0.25, 0.3) is 0 Å². The van der Waals surface area contributed by atoms with Crippen LogP contribution in [0.2, 0.25) is 0 Å². The summed E-state index contributed by atoms with van der Waals surface area (Å²) in [6.45, 7) is 2.93. The standard InChI is InChI=1S/C13H18N2O2S/c1-10-9-18-7-6-15(10)13(16)8-17-12-5-3-2-4-11(12)14/h2-5,10H,6-9,14H2,1H3. The van der Waals surface area contributed by atoms with Crippen molar-refractivity contribution in [1.82, 2.24) is 4.90 Å². The minimum atomic E-state index is 0.0334. The molecule has 2 rings (SSSR count). The highest BCUT2D eigenvalue weighted by Gasteiger charge is 2.23. The maximum Gasteiger partial charge on any atom is 0.260 e. The van der Waals surface area contributed by atoms with Crippen molar-refractivity contribution in [3.05, 3.63) is 24.3 Å². The van der Waals surface area contributed by atoms with Gasteiger partial charge in [0.15, 0.2) is 6.61 Å². The fourth-order valence-corrected chi connectivity index (χ4v) is 2.95. The van der Waals surface area contributed by atoms with Crippen LogP contribution in [0.1, 0.15) is 6.92 Å². The van der Waals surface area contributed by atoms with E-state index < -0.39 is 0 Å². The van der Waals surface area contributed by atoms with Crippen molar-refractivity contribution in [2.75, 3.05) is 30.4 Å². The van der Waals surface area contributed by atoms with Crippen LogP contribution < -0.4 is 10.5 Å². The Balaban J connectivity index is 1.90. The first kappa shape index (κ1) is 13.1. The summed E-state index contributed by atoms with van der Waals surface area (Å²) >= 11 is 1.89. The molecule has 0 spiro atoms. The van der Waals surface area contributed by atoms with Gasteiger partial charge in [-0.05, 0) is 19.1 Å². The number of anilines is 1. The number of nitrogens with zero attached hydrogens (tertiary/aromatic N) is 1. The Bertz CT molecular complexity index is 425. The Morgan fingerprint density at radius 2 is 2.33 bits per heavy atom. The molecule has 1 aromatic rings. The number of para-hydroxylation sites is 2. The lowest BCUT2D eigenvalue weighted by molar-refractivity contribution is -0.134. The van der Waals surface area contributed by atoms with Gasteiger partial charge in [-0.3, -0.25) is 4.79 Å². The molecule has 0 radical (unpaired) electrons. The summed E-state index contributed by atoms with van der Waals surface area (Å²) in [7, 11) is 0. The molecule has 5 heteroatoms. The van der Waals surface area contributed by atoms with E-state index >= 15 is 0 Å². The van der Waals surface area contributed by atoms with Crippen LogP contribution in [-0.4, -0.2) is 41.5 Å². The van der Waals surface area contributed by atoms with Gasteiger partial charge in [0.2, 0.25) is 0 Å². The van der Waals surface area contributed by atoms with Crippen LogP contribution in [0.4, 0.5) is 5.69 Å². The van der Waals surface area contributed by atoms with Gasteiger partial charge in [0.25, 0.3) is 5.91 Å². The normalized spacial score (nSPS) is 19.6. The molecule has 1 aliphatic rings. The molecule has 1 aliphatic heterocycles. The van der Waals surface area contributed by atoms with Gasteiger partial charge < -0.3 is 15.4 Å². The van der Waals surface area contributed by atoms with Crippen molar-refractivity contribution in [3.63, 3.8) is 0 Å². The minimum absolute atomic E-state index is 0.0334. The summed E-state index contributed by atoms with van der Waals surface area (Å²) in [4.78, 5) is 13.9. The van der Waals surface area contributed by atoms with Crippen LogP contribution in [0, 0.1) is 0 Å². The van der Waals surface area contributed by atoms with E-state index in [-0.39, 0.29) is 18.6 Å². The first-order valence-corrected chi connectivity index (χ1v) is 7.18. The number of amides is 1. The van der Waals surface area contributed by atoms with E-state index in [1.54, 1.807) is 12.1 Å². The van der Waals surface area contributed by atoms with E-state index in [0.29, 0.717) is 11.4 Å². The second kappa shape index (κ2) is 6.00. The number of thioether (sulfide) groups is 1. The summed E-state index contributed by atoms with van der Waals surface area (Å²) in [5.74, 6) is 2.61. The zero-order chi connectivity index (χ0) is 13.0. The molecule has 0 bridgehead atoms. The zero-order valence-corrected chi connectivity index (χ0v) is 11.3. The SMILES string of the molecule is CC1CSCCN1C(=O)COc1ccccc1N. The number of hydrogen-bond donors (Lipinski definition) is 1. The minimum Gasteiger partial charge on any atom is -0.482 e. The van der Waals surface area contributed by atoms with E-state index in [1.165, 1.54) is 0 Å². The summed E-state index contributed by atoms with van der Waals surface area (Å²) < 4.78 is 5.48. The van der Waals surface area contributed by atoms with Gasteiger partial charge in [0, 0.05) is 24.1 Å². The van der Waals surface area contributed by atoms with Gasteiger partial charge >= 0.3 is 0 Å². The molecule has 0 aliphatic carbocycles. The molecule has 1 atom stereocenters. The van der Waals surface area contributed by atoms with Crippen molar-refractivity contribution >= 4 is 23.4 Å². The quantitative estimate of drug-likeness (QED) is 0.845. The molecule has 18 heavy (non-hydrogen) atoms. The molecule has 1 saturated heterocycles. The number of nitrogens with two attached hydrogens (primary N) is 1. The monoisotopic (exact) mass is 266 g/mol. The van der Waals surface area contributed by atoms with Gasteiger partial charge in [-0.1, -0.05) is 12.1 Å². The average Bonchev–Trinajstić information content (AvgIpc) is 2.38.